The van der Waals surface area contributed by atoms with Gasteiger partial charge in [-0.05, 0) is 120 Å². The molecule has 0 bridgehead atoms. The molecule has 0 amide bonds. The maximum Gasteiger partial charge on any atom is 0.0561 e. The quantitative estimate of drug-likeness (QED) is 0.153. The Balaban J connectivity index is 1.17. The van der Waals surface area contributed by atoms with Gasteiger partial charge < -0.3 is 9.47 Å². The van der Waals surface area contributed by atoms with E-state index in [0.29, 0.717) is 0 Å². The van der Waals surface area contributed by atoms with E-state index in [0.717, 1.165) is 22.7 Å². The largest absolute Gasteiger partial charge is 0.310 e. The lowest BCUT2D eigenvalue weighted by molar-refractivity contribution is 1.18. The van der Waals surface area contributed by atoms with Crippen LogP contribution in [0.15, 0.2) is 231 Å². The molecular weight excluding hydrogens is 725 g/mol. The van der Waals surface area contributed by atoms with Crippen molar-refractivity contribution in [1.82, 2.24) is 4.57 Å². The van der Waals surface area contributed by atoms with Crippen LogP contribution in [0.3, 0.4) is 0 Å². The third-order valence-corrected chi connectivity index (χ3v) is 12.3. The molecule has 0 N–H and O–H groups in total. The van der Waals surface area contributed by atoms with Crippen molar-refractivity contribution >= 4 is 82.0 Å². The van der Waals surface area contributed by atoms with Gasteiger partial charge in [0.1, 0.15) is 0 Å². The number of rotatable bonds is 6. The Morgan fingerprint density at radius 2 is 0.733 bits per heavy atom. The molecule has 0 spiro atoms. The van der Waals surface area contributed by atoms with Gasteiger partial charge in [0.15, 0.2) is 0 Å². The number of aromatic nitrogens is 1. The van der Waals surface area contributed by atoms with Crippen molar-refractivity contribution in [2.24, 2.45) is 0 Å². The minimum atomic E-state index is 1.09. The van der Waals surface area contributed by atoms with E-state index >= 15 is 0 Å². The molecule has 0 fully saturated rings. The molecule has 11 aromatic carbocycles. The van der Waals surface area contributed by atoms with Gasteiger partial charge in [0, 0.05) is 33.5 Å². The molecule has 0 aliphatic rings. The number of fused-ring (bicyclic) bond motifs is 9. The second-order valence-corrected chi connectivity index (χ2v) is 15.7. The van der Waals surface area contributed by atoms with Crippen molar-refractivity contribution in [3.05, 3.63) is 231 Å². The summed E-state index contributed by atoms with van der Waals surface area (Å²) in [5, 5.41) is 12.4. The first-order valence-corrected chi connectivity index (χ1v) is 20.7. The van der Waals surface area contributed by atoms with Crippen LogP contribution in [0.4, 0.5) is 17.1 Å². The van der Waals surface area contributed by atoms with Gasteiger partial charge in [-0.1, -0.05) is 176 Å². The zero-order valence-corrected chi connectivity index (χ0v) is 32.8. The molecule has 0 saturated heterocycles. The Hall–Kier alpha value is -7.94. The average Bonchev–Trinajstić information content (AvgIpc) is 3.65. The first-order valence-electron chi connectivity index (χ1n) is 20.7. The lowest BCUT2D eigenvalue weighted by atomic mass is 9.85. The van der Waals surface area contributed by atoms with E-state index in [9.17, 15) is 0 Å². The highest BCUT2D eigenvalue weighted by Crippen LogP contribution is 2.48. The molecule has 0 aliphatic heterocycles. The van der Waals surface area contributed by atoms with Crippen LogP contribution in [0.1, 0.15) is 0 Å². The highest BCUT2D eigenvalue weighted by atomic mass is 15.1. The normalized spacial score (nSPS) is 11.7. The summed E-state index contributed by atoms with van der Waals surface area (Å²) in [4.78, 5) is 2.45. The molecule has 0 unspecified atom stereocenters. The lowest BCUT2D eigenvalue weighted by Gasteiger charge is -2.27. The zero-order chi connectivity index (χ0) is 39.6. The Bertz CT molecular complexity index is 3590. The van der Waals surface area contributed by atoms with E-state index in [-0.39, 0.29) is 0 Å². The maximum absolute atomic E-state index is 2.45. The van der Waals surface area contributed by atoms with Gasteiger partial charge in [0.25, 0.3) is 0 Å². The first kappa shape index (κ1) is 34.1. The summed E-state index contributed by atoms with van der Waals surface area (Å²) in [5.74, 6) is 0. The number of nitrogens with zero attached hydrogens (tertiary/aromatic N) is 2. The molecule has 2 nitrogen and oxygen atoms in total. The van der Waals surface area contributed by atoms with Gasteiger partial charge in [0.05, 0.1) is 11.0 Å². The summed E-state index contributed by atoms with van der Waals surface area (Å²) in [6.07, 6.45) is 0. The average molecular weight is 763 g/mol. The topological polar surface area (TPSA) is 8.17 Å². The van der Waals surface area contributed by atoms with Gasteiger partial charge in [0.2, 0.25) is 0 Å². The van der Waals surface area contributed by atoms with Gasteiger partial charge in [-0.15, -0.1) is 0 Å². The minimum Gasteiger partial charge on any atom is -0.310 e. The number of benzene rings is 11. The smallest absolute Gasteiger partial charge is 0.0561 e. The summed E-state index contributed by atoms with van der Waals surface area (Å²) in [6, 6.07) is 84.4. The molecule has 0 saturated carbocycles. The van der Waals surface area contributed by atoms with E-state index in [1.807, 2.05) is 0 Å². The summed E-state index contributed by atoms with van der Waals surface area (Å²) in [5.41, 5.74) is 11.7. The summed E-state index contributed by atoms with van der Waals surface area (Å²) in [6.45, 7) is 0. The van der Waals surface area contributed by atoms with E-state index < -0.39 is 0 Å². The minimum absolute atomic E-state index is 1.09. The van der Waals surface area contributed by atoms with Crippen molar-refractivity contribution in [3.63, 3.8) is 0 Å². The fourth-order valence-electron chi connectivity index (χ4n) is 9.67. The zero-order valence-electron chi connectivity index (χ0n) is 32.8. The van der Waals surface area contributed by atoms with Crippen molar-refractivity contribution in [3.8, 4) is 27.9 Å². The molecule has 2 heteroatoms. The van der Waals surface area contributed by atoms with Crippen molar-refractivity contribution in [2.75, 3.05) is 4.90 Å². The van der Waals surface area contributed by atoms with Crippen LogP contribution in [0.2, 0.25) is 0 Å². The molecular formula is C58H38N2. The van der Waals surface area contributed by atoms with Crippen LogP contribution in [0.5, 0.6) is 0 Å². The van der Waals surface area contributed by atoms with Gasteiger partial charge in [-0.2, -0.15) is 0 Å². The number of para-hydroxylation sites is 2. The molecule has 60 heavy (non-hydrogen) atoms. The van der Waals surface area contributed by atoms with E-state index in [1.165, 1.54) is 87.1 Å². The molecule has 0 aliphatic carbocycles. The van der Waals surface area contributed by atoms with Crippen molar-refractivity contribution in [1.29, 1.82) is 0 Å². The molecule has 0 radical (unpaired) electrons. The summed E-state index contributed by atoms with van der Waals surface area (Å²) in [7, 11) is 0. The van der Waals surface area contributed by atoms with Crippen LogP contribution in [-0.4, -0.2) is 4.57 Å². The predicted molar refractivity (Wildman–Crippen MR) is 256 cm³/mol. The number of anilines is 3. The second kappa shape index (κ2) is 13.9. The van der Waals surface area contributed by atoms with Crippen LogP contribution in [0, 0.1) is 0 Å². The summed E-state index contributed by atoms with van der Waals surface area (Å²) < 4.78 is 2.41. The van der Waals surface area contributed by atoms with Crippen molar-refractivity contribution in [2.45, 2.75) is 0 Å². The number of hydrogen-bond donors (Lipinski definition) is 0. The first-order chi connectivity index (χ1) is 29.8. The Kier molecular flexibility index (Phi) is 7.89. The SMILES string of the molecule is c1ccc(-c2c(-c3ccccc3)c3cc(N(c4ccc5c(ccc6ccccc65)c4)c4ccc5c6ccccc6n(-c6ccccc6)c5c4)ccc3c3ccccc23)cc1. The fourth-order valence-corrected chi connectivity index (χ4v) is 9.67. The number of hydrogen-bond acceptors (Lipinski definition) is 1. The molecule has 1 heterocycles. The van der Waals surface area contributed by atoms with Crippen molar-refractivity contribution < 1.29 is 0 Å². The van der Waals surface area contributed by atoms with Gasteiger partial charge in [-0.3, -0.25) is 0 Å². The summed E-state index contributed by atoms with van der Waals surface area (Å²) >= 11 is 0. The third kappa shape index (κ3) is 5.42. The Morgan fingerprint density at radius 1 is 0.267 bits per heavy atom. The Labute approximate surface area is 348 Å². The van der Waals surface area contributed by atoms with Gasteiger partial charge >= 0.3 is 0 Å². The van der Waals surface area contributed by atoms with E-state index in [1.54, 1.807) is 0 Å². The van der Waals surface area contributed by atoms with Crippen LogP contribution in [0.25, 0.3) is 92.8 Å². The fraction of sp³-hybridized carbons (Fsp3) is 0. The predicted octanol–water partition coefficient (Wildman–Crippen LogP) is 16.2. The molecule has 12 rings (SSSR count). The Morgan fingerprint density at radius 3 is 1.47 bits per heavy atom. The van der Waals surface area contributed by atoms with Crippen LogP contribution < -0.4 is 4.90 Å². The van der Waals surface area contributed by atoms with Gasteiger partial charge in [-0.25, -0.2) is 0 Å². The highest BCUT2D eigenvalue weighted by molar-refractivity contribution is 6.22. The maximum atomic E-state index is 2.45. The van der Waals surface area contributed by atoms with Crippen LogP contribution in [-0.2, 0) is 0 Å². The molecule has 280 valence electrons. The third-order valence-electron chi connectivity index (χ3n) is 12.3. The standard InChI is InChI=1S/C58H38N2/c1-4-17-40(18-5-1)57-53-26-13-12-24-49(53)50-34-31-45(37-54(50)58(57)41-19-6-2-7-20-41)59(44-30-33-48-42(36-44)29-28-39-16-10-11-23-47(39)48)46-32-35-52-51-25-14-15-27-55(51)60(56(52)38-46)43-21-8-3-9-22-43/h1-38H. The van der Waals surface area contributed by atoms with E-state index in [2.05, 4.69) is 240 Å². The highest BCUT2D eigenvalue weighted by Gasteiger charge is 2.22. The monoisotopic (exact) mass is 762 g/mol. The van der Waals surface area contributed by atoms with E-state index in [4.69, 9.17) is 0 Å². The molecule has 12 aromatic rings. The van der Waals surface area contributed by atoms with Crippen LogP contribution >= 0.6 is 0 Å². The second-order valence-electron chi connectivity index (χ2n) is 15.7. The molecule has 0 atom stereocenters. The lowest BCUT2D eigenvalue weighted by Crippen LogP contribution is -2.10. The molecule has 1 aromatic heterocycles.